The molecule has 1 unspecified atom stereocenters. The summed E-state index contributed by atoms with van der Waals surface area (Å²) < 4.78 is 5.18. The van der Waals surface area contributed by atoms with E-state index in [9.17, 15) is 9.90 Å². The molecular formula is C14H22N2O3. The third-order valence-electron chi connectivity index (χ3n) is 3.82. The van der Waals surface area contributed by atoms with Crippen LogP contribution in [0.2, 0.25) is 0 Å². The number of rotatable bonds is 4. The monoisotopic (exact) mass is 266 g/mol. The summed E-state index contributed by atoms with van der Waals surface area (Å²) in [4.78, 5) is 14.1. The standard InChI is InChI=1S/C14H22N2O3/c1-11(16-7-5-14(2,18)6-8-16)13(17)15-10-12-4-3-9-19-12/h3-4,9,11,18H,5-8,10H2,1-2H3,(H,15,17). The lowest BCUT2D eigenvalue weighted by molar-refractivity contribution is -0.127. The molecule has 0 bridgehead atoms. The predicted octanol–water partition coefficient (Wildman–Crippen LogP) is 1.13. The average molecular weight is 266 g/mol. The summed E-state index contributed by atoms with van der Waals surface area (Å²) in [6.07, 6.45) is 3.02. The van der Waals surface area contributed by atoms with Gasteiger partial charge in [0.15, 0.2) is 0 Å². The Balaban J connectivity index is 1.79. The molecule has 1 saturated heterocycles. The first-order valence-electron chi connectivity index (χ1n) is 6.74. The molecule has 1 fully saturated rings. The van der Waals surface area contributed by atoms with E-state index in [2.05, 4.69) is 10.2 Å². The van der Waals surface area contributed by atoms with Crippen molar-refractivity contribution in [3.8, 4) is 0 Å². The molecule has 2 rings (SSSR count). The first-order chi connectivity index (χ1) is 8.98. The van der Waals surface area contributed by atoms with Gasteiger partial charge in [-0.1, -0.05) is 0 Å². The summed E-state index contributed by atoms with van der Waals surface area (Å²) in [5.41, 5.74) is -0.582. The number of nitrogens with zero attached hydrogens (tertiary/aromatic N) is 1. The fourth-order valence-electron chi connectivity index (χ4n) is 2.29. The average Bonchev–Trinajstić information content (AvgIpc) is 2.88. The number of likely N-dealkylation sites (tertiary alicyclic amines) is 1. The second-order valence-electron chi connectivity index (χ2n) is 5.51. The van der Waals surface area contributed by atoms with E-state index < -0.39 is 5.60 Å². The van der Waals surface area contributed by atoms with E-state index in [4.69, 9.17) is 4.42 Å². The molecule has 106 valence electrons. The summed E-state index contributed by atoms with van der Waals surface area (Å²) in [6, 6.07) is 3.46. The zero-order chi connectivity index (χ0) is 13.9. The van der Waals surface area contributed by atoms with Crippen LogP contribution in [0.3, 0.4) is 0 Å². The van der Waals surface area contributed by atoms with E-state index >= 15 is 0 Å². The Hall–Kier alpha value is -1.33. The highest BCUT2D eigenvalue weighted by molar-refractivity contribution is 5.81. The van der Waals surface area contributed by atoms with Crippen LogP contribution < -0.4 is 5.32 Å². The van der Waals surface area contributed by atoms with Crippen LogP contribution in [0.15, 0.2) is 22.8 Å². The molecule has 0 radical (unpaired) electrons. The van der Waals surface area contributed by atoms with Crippen molar-refractivity contribution in [1.29, 1.82) is 0 Å². The molecule has 1 aromatic heterocycles. The number of furan rings is 1. The van der Waals surface area contributed by atoms with E-state index in [0.717, 1.165) is 18.8 Å². The summed E-state index contributed by atoms with van der Waals surface area (Å²) in [5, 5.41) is 12.8. The van der Waals surface area contributed by atoms with Crippen LogP contribution in [-0.2, 0) is 11.3 Å². The molecule has 19 heavy (non-hydrogen) atoms. The minimum absolute atomic E-state index is 0.00190. The largest absolute Gasteiger partial charge is 0.467 e. The zero-order valence-corrected chi connectivity index (χ0v) is 11.6. The molecule has 0 aromatic carbocycles. The molecule has 0 aliphatic carbocycles. The minimum Gasteiger partial charge on any atom is -0.467 e. The van der Waals surface area contributed by atoms with Gasteiger partial charge >= 0.3 is 0 Å². The summed E-state index contributed by atoms with van der Waals surface area (Å²) in [7, 11) is 0. The molecule has 1 aliphatic heterocycles. The quantitative estimate of drug-likeness (QED) is 0.857. The Morgan fingerprint density at radius 1 is 1.58 bits per heavy atom. The Bertz CT molecular complexity index is 404. The van der Waals surface area contributed by atoms with Gasteiger partial charge in [0.1, 0.15) is 5.76 Å². The highest BCUT2D eigenvalue weighted by Gasteiger charge is 2.31. The normalized spacial score (nSPS) is 21.0. The van der Waals surface area contributed by atoms with Crippen molar-refractivity contribution in [1.82, 2.24) is 10.2 Å². The number of hydrogen-bond acceptors (Lipinski definition) is 4. The number of hydrogen-bond donors (Lipinski definition) is 2. The highest BCUT2D eigenvalue weighted by Crippen LogP contribution is 2.22. The van der Waals surface area contributed by atoms with Crippen molar-refractivity contribution in [2.45, 2.75) is 44.9 Å². The first-order valence-corrected chi connectivity index (χ1v) is 6.74. The first kappa shape index (κ1) is 14.1. The van der Waals surface area contributed by atoms with Crippen LogP contribution in [0.5, 0.6) is 0 Å². The SMILES string of the molecule is CC(C(=O)NCc1ccco1)N1CCC(C)(O)CC1. The lowest BCUT2D eigenvalue weighted by Crippen LogP contribution is -2.51. The van der Waals surface area contributed by atoms with E-state index in [1.165, 1.54) is 0 Å². The number of piperidine rings is 1. The molecule has 1 amide bonds. The molecule has 2 heterocycles. The van der Waals surface area contributed by atoms with Crippen LogP contribution >= 0.6 is 0 Å². The molecule has 0 saturated carbocycles. The van der Waals surface area contributed by atoms with Crippen molar-refractivity contribution in [2.75, 3.05) is 13.1 Å². The van der Waals surface area contributed by atoms with Gasteiger partial charge in [0, 0.05) is 13.1 Å². The van der Waals surface area contributed by atoms with Gasteiger partial charge in [0.05, 0.1) is 24.5 Å². The number of carbonyl (C=O) groups is 1. The Labute approximate surface area is 113 Å². The Kier molecular flexibility index (Phi) is 4.27. The fourth-order valence-corrected chi connectivity index (χ4v) is 2.29. The molecule has 0 spiro atoms. The smallest absolute Gasteiger partial charge is 0.237 e. The number of aliphatic hydroxyl groups is 1. The van der Waals surface area contributed by atoms with Gasteiger partial charge in [-0.25, -0.2) is 0 Å². The molecule has 5 heteroatoms. The van der Waals surface area contributed by atoms with Gasteiger partial charge in [-0.05, 0) is 38.8 Å². The third-order valence-corrected chi connectivity index (χ3v) is 3.82. The van der Waals surface area contributed by atoms with E-state index in [1.54, 1.807) is 12.3 Å². The van der Waals surface area contributed by atoms with E-state index in [1.807, 2.05) is 19.9 Å². The highest BCUT2D eigenvalue weighted by atomic mass is 16.3. The van der Waals surface area contributed by atoms with E-state index in [0.29, 0.717) is 19.4 Å². The maximum atomic E-state index is 12.0. The topological polar surface area (TPSA) is 65.7 Å². The van der Waals surface area contributed by atoms with Crippen molar-refractivity contribution in [2.24, 2.45) is 0 Å². The van der Waals surface area contributed by atoms with Gasteiger partial charge in [0.25, 0.3) is 0 Å². The van der Waals surface area contributed by atoms with Crippen LogP contribution in [0.1, 0.15) is 32.4 Å². The van der Waals surface area contributed by atoms with Crippen molar-refractivity contribution >= 4 is 5.91 Å². The molecule has 1 aromatic rings. The lowest BCUT2D eigenvalue weighted by atomic mass is 9.93. The molecule has 1 aliphatic rings. The van der Waals surface area contributed by atoms with Gasteiger partial charge in [-0.3, -0.25) is 9.69 Å². The molecule has 5 nitrogen and oxygen atoms in total. The maximum absolute atomic E-state index is 12.0. The Morgan fingerprint density at radius 3 is 2.84 bits per heavy atom. The van der Waals surface area contributed by atoms with Crippen LogP contribution in [0, 0.1) is 0 Å². The number of amides is 1. The maximum Gasteiger partial charge on any atom is 0.237 e. The second kappa shape index (κ2) is 5.75. The predicted molar refractivity (Wildman–Crippen MR) is 71.4 cm³/mol. The molecule has 1 atom stereocenters. The van der Waals surface area contributed by atoms with Crippen LogP contribution in [0.4, 0.5) is 0 Å². The number of carbonyl (C=O) groups excluding carboxylic acids is 1. The van der Waals surface area contributed by atoms with Gasteiger partial charge < -0.3 is 14.8 Å². The van der Waals surface area contributed by atoms with Gasteiger partial charge in [0.2, 0.25) is 5.91 Å². The van der Waals surface area contributed by atoms with Crippen LogP contribution in [0.25, 0.3) is 0 Å². The van der Waals surface area contributed by atoms with Crippen LogP contribution in [-0.4, -0.2) is 40.6 Å². The van der Waals surface area contributed by atoms with Crippen molar-refractivity contribution in [3.05, 3.63) is 24.2 Å². The summed E-state index contributed by atoms with van der Waals surface area (Å²) >= 11 is 0. The third kappa shape index (κ3) is 3.81. The van der Waals surface area contributed by atoms with E-state index in [-0.39, 0.29) is 11.9 Å². The minimum atomic E-state index is -0.582. The van der Waals surface area contributed by atoms with Crippen molar-refractivity contribution in [3.63, 3.8) is 0 Å². The zero-order valence-electron chi connectivity index (χ0n) is 11.6. The number of nitrogens with one attached hydrogen (secondary N) is 1. The Morgan fingerprint density at radius 2 is 2.26 bits per heavy atom. The fraction of sp³-hybridized carbons (Fsp3) is 0.643. The lowest BCUT2D eigenvalue weighted by Gasteiger charge is -2.38. The second-order valence-corrected chi connectivity index (χ2v) is 5.51. The van der Waals surface area contributed by atoms with Gasteiger partial charge in [-0.2, -0.15) is 0 Å². The summed E-state index contributed by atoms with van der Waals surface area (Å²) in [5.74, 6) is 0.750. The van der Waals surface area contributed by atoms with Crippen molar-refractivity contribution < 1.29 is 14.3 Å². The van der Waals surface area contributed by atoms with Gasteiger partial charge in [-0.15, -0.1) is 0 Å². The molecule has 2 N–H and O–H groups in total. The summed E-state index contributed by atoms with van der Waals surface area (Å²) in [6.45, 7) is 5.68. The molecular weight excluding hydrogens is 244 g/mol.